The Hall–Kier alpha value is -2.13. The number of rotatable bonds is 4. The van der Waals surface area contributed by atoms with E-state index in [9.17, 15) is 9.59 Å². The number of aryl methyl sites for hydroxylation is 1. The van der Waals surface area contributed by atoms with Gasteiger partial charge in [0.1, 0.15) is 23.2 Å². The van der Waals surface area contributed by atoms with Gasteiger partial charge in [0.25, 0.3) is 0 Å². The van der Waals surface area contributed by atoms with Crippen LogP contribution in [0.4, 0.5) is 0 Å². The summed E-state index contributed by atoms with van der Waals surface area (Å²) < 4.78 is 5.91. The Bertz CT molecular complexity index is 837. The lowest BCUT2D eigenvalue weighted by Crippen LogP contribution is -2.39. The van der Waals surface area contributed by atoms with Crippen LogP contribution in [0.15, 0.2) is 42.5 Å². The molecule has 3 nitrogen and oxygen atoms in total. The summed E-state index contributed by atoms with van der Waals surface area (Å²) in [5.74, 6) is 0.594. The molecule has 0 spiro atoms. The molecule has 4 heteroatoms. The Morgan fingerprint density at radius 2 is 1.73 bits per heavy atom. The van der Waals surface area contributed by atoms with Crippen LogP contribution in [-0.2, 0) is 16.0 Å². The van der Waals surface area contributed by atoms with Crippen LogP contribution < -0.4 is 4.74 Å². The lowest BCUT2D eigenvalue weighted by molar-refractivity contribution is -0.139. The minimum Gasteiger partial charge on any atom is -0.457 e. The van der Waals surface area contributed by atoms with Gasteiger partial charge in [0.2, 0.25) is 0 Å². The van der Waals surface area contributed by atoms with E-state index in [2.05, 4.69) is 0 Å². The van der Waals surface area contributed by atoms with E-state index >= 15 is 0 Å². The van der Waals surface area contributed by atoms with Gasteiger partial charge in [-0.15, -0.1) is 0 Å². The number of Topliss-reactive ketones (excluding diaryl/α,β-unsaturated/α-hetero) is 2. The molecule has 0 saturated heterocycles. The van der Waals surface area contributed by atoms with Crippen molar-refractivity contribution in [3.05, 3.63) is 58.6 Å². The Balaban J connectivity index is 1.98. The monoisotopic (exact) mass is 370 g/mol. The molecule has 0 heterocycles. The third kappa shape index (κ3) is 3.68. The van der Waals surface area contributed by atoms with Crippen LogP contribution >= 0.6 is 11.6 Å². The van der Waals surface area contributed by atoms with E-state index in [0.717, 1.165) is 17.5 Å². The predicted molar refractivity (Wildman–Crippen MR) is 103 cm³/mol. The first kappa shape index (κ1) is 18.7. The first-order chi connectivity index (χ1) is 12.3. The molecule has 2 aromatic carbocycles. The summed E-state index contributed by atoms with van der Waals surface area (Å²) in [5.41, 5.74) is 1.32. The number of hydrogen-bond acceptors (Lipinski definition) is 3. The summed E-state index contributed by atoms with van der Waals surface area (Å²) in [6, 6.07) is 12.8. The van der Waals surface area contributed by atoms with Gasteiger partial charge in [-0.2, -0.15) is 0 Å². The van der Waals surface area contributed by atoms with Crippen LogP contribution in [0.3, 0.4) is 0 Å². The summed E-state index contributed by atoms with van der Waals surface area (Å²) in [6.07, 6.45) is 1.81. The van der Waals surface area contributed by atoms with Gasteiger partial charge >= 0.3 is 0 Å². The molecule has 0 aliphatic heterocycles. The van der Waals surface area contributed by atoms with Gasteiger partial charge in [-0.25, -0.2) is 0 Å². The average molecular weight is 371 g/mol. The first-order valence-corrected chi connectivity index (χ1v) is 9.33. The highest BCUT2D eigenvalue weighted by atomic mass is 35.5. The normalized spacial score (nSPS) is 19.5. The molecule has 0 N–H and O–H groups in total. The average Bonchev–Trinajstić information content (AvgIpc) is 2.61. The van der Waals surface area contributed by atoms with Crippen molar-refractivity contribution in [2.45, 2.75) is 46.0 Å². The minimum absolute atomic E-state index is 0.00657. The minimum atomic E-state index is -0.692. The third-order valence-corrected chi connectivity index (χ3v) is 5.36. The molecule has 2 aromatic rings. The molecule has 1 saturated carbocycles. The van der Waals surface area contributed by atoms with Gasteiger partial charge in [-0.3, -0.25) is 9.59 Å². The summed E-state index contributed by atoms with van der Waals surface area (Å²) in [7, 11) is 0. The van der Waals surface area contributed by atoms with Gasteiger partial charge in [-0.1, -0.05) is 38.4 Å². The van der Waals surface area contributed by atoms with E-state index < -0.39 is 11.3 Å². The van der Waals surface area contributed by atoms with Crippen molar-refractivity contribution in [1.29, 1.82) is 0 Å². The fourth-order valence-corrected chi connectivity index (χ4v) is 3.55. The highest BCUT2D eigenvalue weighted by Crippen LogP contribution is 2.40. The summed E-state index contributed by atoms with van der Waals surface area (Å²) >= 11 is 5.91. The summed E-state index contributed by atoms with van der Waals surface area (Å²) in [6.45, 7) is 5.88. The smallest absolute Gasteiger partial charge is 0.153 e. The summed E-state index contributed by atoms with van der Waals surface area (Å²) in [5, 5.41) is 0.639. The van der Waals surface area contributed by atoms with Gasteiger partial charge in [-0.05, 0) is 60.4 Å². The van der Waals surface area contributed by atoms with Crippen molar-refractivity contribution in [3.63, 3.8) is 0 Å². The van der Waals surface area contributed by atoms with E-state index in [0.29, 0.717) is 29.4 Å². The molecule has 1 aliphatic carbocycles. The first-order valence-electron chi connectivity index (χ1n) is 8.95. The predicted octanol–water partition coefficient (Wildman–Crippen LogP) is 5.74. The molecular weight excluding hydrogens is 348 g/mol. The maximum Gasteiger partial charge on any atom is 0.153 e. The van der Waals surface area contributed by atoms with Crippen molar-refractivity contribution in [2.24, 2.45) is 5.41 Å². The molecule has 0 bridgehead atoms. The second kappa shape index (κ2) is 7.24. The van der Waals surface area contributed by atoms with Crippen LogP contribution in [0.2, 0.25) is 5.02 Å². The van der Waals surface area contributed by atoms with Crippen molar-refractivity contribution in [2.75, 3.05) is 0 Å². The zero-order chi connectivity index (χ0) is 18.9. The maximum absolute atomic E-state index is 13.0. The fourth-order valence-electron chi connectivity index (χ4n) is 3.42. The lowest BCUT2D eigenvalue weighted by Gasteiger charge is -2.33. The molecule has 26 heavy (non-hydrogen) atoms. The molecule has 1 unspecified atom stereocenters. The molecule has 1 atom stereocenters. The van der Waals surface area contributed by atoms with Crippen LogP contribution in [0.1, 0.15) is 50.7 Å². The zero-order valence-corrected chi connectivity index (χ0v) is 16.1. The SMILES string of the molecule is CCc1ccc(Oc2ccc(Cl)cc2)cc1C1C(=O)CCC(C)(C)C1=O. The van der Waals surface area contributed by atoms with E-state index in [1.54, 1.807) is 24.3 Å². The van der Waals surface area contributed by atoms with Crippen molar-refractivity contribution in [3.8, 4) is 11.5 Å². The zero-order valence-electron chi connectivity index (χ0n) is 15.3. The van der Waals surface area contributed by atoms with Gasteiger partial charge in [0, 0.05) is 16.9 Å². The highest BCUT2D eigenvalue weighted by Gasteiger charge is 2.43. The van der Waals surface area contributed by atoms with Gasteiger partial charge in [0.05, 0.1) is 0 Å². The molecule has 3 rings (SSSR count). The van der Waals surface area contributed by atoms with Gasteiger partial charge < -0.3 is 4.74 Å². The number of hydrogen-bond donors (Lipinski definition) is 0. The van der Waals surface area contributed by atoms with Crippen molar-refractivity contribution in [1.82, 2.24) is 0 Å². The van der Waals surface area contributed by atoms with Crippen molar-refractivity contribution >= 4 is 23.2 Å². The third-order valence-electron chi connectivity index (χ3n) is 5.11. The number of halogens is 1. The van der Waals surface area contributed by atoms with E-state index in [-0.39, 0.29) is 11.6 Å². The molecule has 1 fully saturated rings. The molecule has 0 aromatic heterocycles. The molecule has 136 valence electrons. The Morgan fingerprint density at radius 1 is 1.08 bits per heavy atom. The van der Waals surface area contributed by atoms with E-state index in [1.165, 1.54) is 0 Å². The van der Waals surface area contributed by atoms with Crippen LogP contribution in [0, 0.1) is 5.41 Å². The standard InChI is InChI=1S/C22H23ClO3/c1-4-14-5-8-17(26-16-9-6-15(23)7-10-16)13-18(14)20-19(24)11-12-22(2,3)21(20)25/h5-10,13,20H,4,11-12H2,1-3H3. The number of ketones is 2. The van der Waals surface area contributed by atoms with Gasteiger partial charge in [0.15, 0.2) is 5.78 Å². The molecule has 1 aliphatic rings. The van der Waals surface area contributed by atoms with E-state index in [4.69, 9.17) is 16.3 Å². The second-order valence-corrected chi connectivity index (χ2v) is 7.85. The van der Waals surface area contributed by atoms with E-state index in [1.807, 2.05) is 39.0 Å². The Morgan fingerprint density at radius 3 is 2.38 bits per heavy atom. The maximum atomic E-state index is 13.0. The van der Waals surface area contributed by atoms with Crippen LogP contribution in [0.25, 0.3) is 0 Å². The second-order valence-electron chi connectivity index (χ2n) is 7.42. The van der Waals surface area contributed by atoms with Crippen LogP contribution in [-0.4, -0.2) is 11.6 Å². The Kier molecular flexibility index (Phi) is 5.19. The number of benzene rings is 2. The number of carbonyl (C=O) groups is 2. The topological polar surface area (TPSA) is 43.4 Å². The largest absolute Gasteiger partial charge is 0.457 e. The van der Waals surface area contributed by atoms with Crippen molar-refractivity contribution < 1.29 is 14.3 Å². The van der Waals surface area contributed by atoms with Crippen LogP contribution in [0.5, 0.6) is 11.5 Å². The Labute approximate surface area is 159 Å². The molecular formula is C22H23ClO3. The highest BCUT2D eigenvalue weighted by molar-refractivity contribution is 6.30. The molecule has 0 amide bonds. The number of ether oxygens (including phenoxy) is 1. The summed E-state index contributed by atoms with van der Waals surface area (Å²) in [4.78, 5) is 25.5. The number of carbonyl (C=O) groups excluding carboxylic acids is 2. The fraction of sp³-hybridized carbons (Fsp3) is 0.364. The molecule has 0 radical (unpaired) electrons. The quantitative estimate of drug-likeness (QED) is 0.645. The lowest BCUT2D eigenvalue weighted by atomic mass is 9.67.